The molecule has 4 aromatic carbocycles. The van der Waals surface area contributed by atoms with Crippen LogP contribution in [0.2, 0.25) is 0 Å². The largest absolute Gasteiger partial charge is 0.481 e. The Morgan fingerprint density at radius 1 is 0.319 bits per heavy atom. The first-order valence-electron chi connectivity index (χ1n) is 48.8. The van der Waals surface area contributed by atoms with Gasteiger partial charge in [-0.05, 0) is 161 Å². The summed E-state index contributed by atoms with van der Waals surface area (Å²) in [5.41, 5.74) is 1.49. The number of carboxylic acids is 7. The van der Waals surface area contributed by atoms with Gasteiger partial charge in [-0.3, -0.25) is 91.5 Å². The average molecular weight is 2020 g/mol. The third-order valence-corrected chi connectivity index (χ3v) is 25.2. The number of nitrogens with one attached hydrogen (secondary N) is 13. The summed E-state index contributed by atoms with van der Waals surface area (Å²) in [5, 5.41) is 104. The summed E-state index contributed by atoms with van der Waals surface area (Å²) >= 11 is 0. The maximum absolute atomic E-state index is 14.2. The smallest absolute Gasteiger partial charge is 0.326 e. The number of hydrogen-bond acceptors (Lipinski definition) is 27. The number of aliphatic carboxylic acids is 7. The topological polar surface area (TPSA) is 688 Å². The Kier molecular flexibility index (Phi) is 51.7. The van der Waals surface area contributed by atoms with Crippen LogP contribution in [0.4, 0.5) is 9.59 Å². The number of carbonyl (C=O) groups is 21. The van der Waals surface area contributed by atoms with Crippen molar-refractivity contribution >= 4 is 147 Å². The van der Waals surface area contributed by atoms with Crippen molar-refractivity contribution in [1.82, 2.24) is 88.7 Å². The van der Waals surface area contributed by atoms with Crippen molar-refractivity contribution in [2.45, 2.75) is 241 Å². The summed E-state index contributed by atoms with van der Waals surface area (Å²) in [6, 6.07) is 14.2. The van der Waals surface area contributed by atoms with E-state index in [4.69, 9.17) is 19.7 Å². The zero-order chi connectivity index (χ0) is 105. The molecule has 2 saturated carbocycles. The Labute approximate surface area is 831 Å². The van der Waals surface area contributed by atoms with Crippen molar-refractivity contribution in [2.24, 2.45) is 11.8 Å². The molecule has 2 aliphatic carbocycles. The molecule has 7 rings (SSSR count). The van der Waals surface area contributed by atoms with E-state index in [9.17, 15) is 126 Å². The molecule has 4 aromatic rings. The predicted molar refractivity (Wildman–Crippen MR) is 516 cm³/mol. The molecule has 0 spiro atoms. The number of ketones is 1. The number of ether oxygens (including phenoxy) is 2. The molecule has 3 aliphatic rings. The number of hydrogen-bond donors (Lipinski definition) is 20. The lowest BCUT2D eigenvalue weighted by Gasteiger charge is -2.33. The Balaban J connectivity index is 0.890. The number of carbonyl (C=O) groups excluding carboxylic acids is 14. The quantitative estimate of drug-likeness (QED) is 0.0218. The first-order chi connectivity index (χ1) is 69.0. The van der Waals surface area contributed by atoms with Gasteiger partial charge in [-0.2, -0.15) is 0 Å². The molecule has 47 nitrogen and oxygen atoms in total. The van der Waals surface area contributed by atoms with E-state index in [2.05, 4.69) is 69.1 Å². The number of benzene rings is 4. The van der Waals surface area contributed by atoms with E-state index in [0.717, 1.165) is 32.7 Å². The second kappa shape index (κ2) is 63.7. The van der Waals surface area contributed by atoms with Gasteiger partial charge in [-0.15, -0.1) is 0 Å². The molecule has 0 aromatic heterocycles. The minimum atomic E-state index is -1.60. The van der Waals surface area contributed by atoms with Crippen molar-refractivity contribution < 1.29 is 146 Å². The van der Waals surface area contributed by atoms with Gasteiger partial charge in [-0.1, -0.05) is 84.9 Å². The monoisotopic (exact) mass is 2020 g/mol. The minimum absolute atomic E-state index is 0.0336. The van der Waals surface area contributed by atoms with Crippen molar-refractivity contribution in [3.8, 4) is 0 Å². The van der Waals surface area contributed by atoms with Crippen LogP contribution in [0.1, 0.15) is 184 Å². The molecule has 144 heavy (non-hydrogen) atoms. The molecule has 0 radical (unpaired) electrons. The SMILES string of the molecule is O=COCN1CCN(COC=O)CCN(CC(=O)NCCCC(=O)[C@H](CCCCNC(=O)CCC(=O)NC2CCC(C(=O)N[C@@H](Cc3ccc4ccccc4c3)C(=O)NCCCCC(NC(=O)N[C@@H](CCC(=O)O)C(=O)O)C(=O)O)CC2)NC(=O)CCC(=O)NC2CCC(C(=O)N[C@@H](Cc3ccc4ccccc4c3)C(=O)NCCCC[C@H](NC(=O)N[C@@H](CCC(=O)O)C(=O)O)C(=O)O)CC2)CCN(CC(=O)O)CC1. The van der Waals surface area contributed by atoms with Crippen molar-refractivity contribution in [3.05, 3.63) is 96.1 Å². The number of amides is 13. The lowest BCUT2D eigenvalue weighted by molar-refractivity contribution is -0.142. The van der Waals surface area contributed by atoms with Gasteiger partial charge in [0.1, 0.15) is 49.7 Å². The molecular formula is C97H137N17O30. The zero-order valence-electron chi connectivity index (χ0n) is 80.7. The maximum Gasteiger partial charge on any atom is 0.326 e. The van der Waals surface area contributed by atoms with Crippen LogP contribution in [0, 0.1) is 11.8 Å². The summed E-state index contributed by atoms with van der Waals surface area (Å²) in [5.74, 6) is -15.2. The third-order valence-electron chi connectivity index (χ3n) is 25.2. The summed E-state index contributed by atoms with van der Waals surface area (Å²) < 4.78 is 10.0. The van der Waals surface area contributed by atoms with E-state index in [1.165, 1.54) is 0 Å². The fourth-order valence-electron chi connectivity index (χ4n) is 17.1. The number of urea groups is 2. The average Bonchev–Trinajstić information content (AvgIpc) is 0.860. The molecular weight excluding hydrogens is 1880 g/mol. The summed E-state index contributed by atoms with van der Waals surface area (Å²) in [4.78, 5) is 274. The van der Waals surface area contributed by atoms with E-state index < -0.39 is 187 Å². The number of rotatable bonds is 63. The van der Waals surface area contributed by atoms with Gasteiger partial charge in [0, 0.05) is 160 Å². The molecule has 1 saturated heterocycles. The van der Waals surface area contributed by atoms with E-state index in [1.54, 1.807) is 4.90 Å². The predicted octanol–water partition coefficient (Wildman–Crippen LogP) is 1.18. The number of carboxylic acid groups (broad SMARTS) is 7. The Hall–Kier alpha value is -14.1. The fourth-order valence-corrected chi connectivity index (χ4v) is 17.1. The second-order valence-electron chi connectivity index (χ2n) is 36.2. The van der Waals surface area contributed by atoms with Gasteiger partial charge in [0.05, 0.1) is 19.1 Å². The molecule has 1 aliphatic heterocycles. The van der Waals surface area contributed by atoms with Crippen LogP contribution in [0.15, 0.2) is 84.9 Å². The normalized spacial score (nSPS) is 17.4. The lowest BCUT2D eigenvalue weighted by atomic mass is 9.85. The molecule has 20 N–H and O–H groups in total. The van der Waals surface area contributed by atoms with Crippen LogP contribution in [0.5, 0.6) is 0 Å². The number of Topliss-reactive ketones (excluding diaryl/α,β-unsaturated/α-hetero) is 1. The van der Waals surface area contributed by atoms with Gasteiger partial charge < -0.3 is 114 Å². The summed E-state index contributed by atoms with van der Waals surface area (Å²) in [7, 11) is 0. The number of fused-ring (bicyclic) bond motifs is 2. The highest BCUT2D eigenvalue weighted by Gasteiger charge is 2.36. The van der Waals surface area contributed by atoms with Crippen LogP contribution < -0.4 is 69.1 Å². The van der Waals surface area contributed by atoms with Crippen LogP contribution in [0.3, 0.4) is 0 Å². The molecule has 47 heteroatoms. The van der Waals surface area contributed by atoms with E-state index in [-0.39, 0.29) is 193 Å². The molecule has 7 atom stereocenters. The first kappa shape index (κ1) is 117. The van der Waals surface area contributed by atoms with Crippen LogP contribution in [0.25, 0.3) is 21.5 Å². The summed E-state index contributed by atoms with van der Waals surface area (Å²) in [6.45, 7) is 2.69. The van der Waals surface area contributed by atoms with Gasteiger partial charge in [-0.25, -0.2) is 28.8 Å². The van der Waals surface area contributed by atoms with Crippen molar-refractivity contribution in [3.63, 3.8) is 0 Å². The van der Waals surface area contributed by atoms with Gasteiger partial charge >= 0.3 is 53.8 Å². The lowest BCUT2D eigenvalue weighted by Crippen LogP contribution is -2.51. The van der Waals surface area contributed by atoms with Crippen molar-refractivity contribution in [1.29, 1.82) is 0 Å². The zero-order valence-corrected chi connectivity index (χ0v) is 80.7. The molecule has 790 valence electrons. The maximum atomic E-state index is 14.2. The van der Waals surface area contributed by atoms with Gasteiger partial charge in [0.2, 0.25) is 53.2 Å². The highest BCUT2D eigenvalue weighted by molar-refractivity contribution is 5.94. The Morgan fingerprint density at radius 2 is 0.667 bits per heavy atom. The molecule has 13 amide bonds. The highest BCUT2D eigenvalue weighted by Crippen LogP contribution is 2.28. The molecule has 0 bridgehead atoms. The van der Waals surface area contributed by atoms with Crippen LogP contribution >= 0.6 is 0 Å². The molecule has 3 fully saturated rings. The van der Waals surface area contributed by atoms with Crippen LogP contribution in [-0.2, 0) is 113 Å². The minimum Gasteiger partial charge on any atom is -0.481 e. The van der Waals surface area contributed by atoms with E-state index >= 15 is 0 Å². The second-order valence-corrected chi connectivity index (χ2v) is 36.2. The van der Waals surface area contributed by atoms with Crippen LogP contribution in [-0.4, -0.2) is 341 Å². The van der Waals surface area contributed by atoms with Gasteiger partial charge in [0.25, 0.3) is 12.9 Å². The fraction of sp³-hybridized carbons (Fsp3) is 0.577. The van der Waals surface area contributed by atoms with Crippen molar-refractivity contribution in [2.75, 3.05) is 105 Å². The number of nitrogens with zero attached hydrogens (tertiary/aromatic N) is 4. The molecule has 1 unspecified atom stereocenters. The first-order valence-corrected chi connectivity index (χ1v) is 48.8. The highest BCUT2D eigenvalue weighted by atomic mass is 16.5. The third kappa shape index (κ3) is 45.4. The number of unbranched alkanes of at least 4 members (excludes halogenated alkanes) is 3. The van der Waals surface area contributed by atoms with Gasteiger partial charge in [0.15, 0.2) is 5.78 Å². The van der Waals surface area contributed by atoms with E-state index in [0.29, 0.717) is 103 Å². The van der Waals surface area contributed by atoms with E-state index in [1.807, 2.05) is 99.6 Å². The molecule has 1 heterocycles. The Bertz CT molecular complexity index is 4990. The Morgan fingerprint density at radius 3 is 1.06 bits per heavy atom. The standard InChI is InChI=1S/C97H137N17O30/c115-60-143-58-113-48-46-111(44-45-112(57-87(127)128)47-49-114(51-50-113)59-144-61-116)56-84(122)99-43-11-19-79(117)72(104-83(121)37-36-82(120)103-71-30-26-67(27-31-71)89(130)106-78(55-63-21-23-65-13-2-4-15-69(65)53-63)91(132)101-42-10-7-18-74(93(135)136)108-97(142)110-76(95(139)140)33-39-86(125)126)16-5-8-40-98-80(118)34-35-81(119)102-70-28-24-66(25-29-70)88(129)105-77(54-62-20-22-64-12-1-3-14-68(64)52-62)90(131)100-41-9-6-17-73(92(133)134)107-96(141)109-75(94(137)138)32-38-85(123)124/h1-4,12-15,20-23,52-53,60-61,66-67,70-78H,5-11,16-19,24-51,54-59H2,(H,98,118)(H,99,122)(H,100,131)(H,101,132)(H,102,119)(H,103,120)(H,104,121)(H,105,129)(H,106,130)(H,123,124)(H,125,126)(H,127,128)(H,133,134)(H,135,136)(H,137,138)(H,139,140)(H2,107,109,141)(H2,108,110,142)/t66?,67?,70?,71?,72-,73?,74-,75-,76-,77-,78-/m0/s1. The summed E-state index contributed by atoms with van der Waals surface area (Å²) in [6.07, 6.45) is 1.38.